The van der Waals surface area contributed by atoms with Crippen molar-refractivity contribution in [1.29, 1.82) is 0 Å². The van der Waals surface area contributed by atoms with Crippen LogP contribution in [0.5, 0.6) is 5.88 Å². The van der Waals surface area contributed by atoms with Crippen molar-refractivity contribution in [3.63, 3.8) is 0 Å². The molecule has 0 spiro atoms. The molecule has 0 unspecified atom stereocenters. The van der Waals surface area contributed by atoms with Crippen molar-refractivity contribution in [1.82, 2.24) is 9.78 Å². The SMILES string of the molecule is CC.CO.Cc1c(C(F)F)nn2c1OC[C@H](C)C2. The molecule has 2 heterocycles. The molecule has 1 aliphatic rings. The Morgan fingerprint density at radius 3 is 2.44 bits per heavy atom. The predicted octanol–water partition coefficient (Wildman–Crippen LogP) is 2.79. The lowest BCUT2D eigenvalue weighted by atomic mass is 10.2. The van der Waals surface area contributed by atoms with Crippen molar-refractivity contribution in [2.75, 3.05) is 13.7 Å². The number of hydrogen-bond acceptors (Lipinski definition) is 3. The molecule has 18 heavy (non-hydrogen) atoms. The summed E-state index contributed by atoms with van der Waals surface area (Å²) < 4.78 is 31.9. The minimum atomic E-state index is -2.52. The number of fused-ring (bicyclic) bond motifs is 1. The van der Waals surface area contributed by atoms with Gasteiger partial charge in [-0.3, -0.25) is 0 Å². The largest absolute Gasteiger partial charge is 0.477 e. The minimum absolute atomic E-state index is 0.158. The molecule has 6 heteroatoms. The van der Waals surface area contributed by atoms with Crippen LogP contribution in [0.15, 0.2) is 0 Å². The minimum Gasteiger partial charge on any atom is -0.477 e. The van der Waals surface area contributed by atoms with E-state index in [-0.39, 0.29) is 5.69 Å². The standard InChI is InChI=1S/C9H12F2N2O.C2H6.CH4O/c1-5-3-13-9(14-4-5)6(2)7(12-13)8(10)11;2*1-2/h5,8H,3-4H2,1-2H3;1-2H3;2H,1H3/t5-;;/m1../s1. The van der Waals surface area contributed by atoms with Gasteiger partial charge in [-0.2, -0.15) is 5.10 Å². The molecule has 106 valence electrons. The Bertz CT molecular complexity index is 354. The average Bonchev–Trinajstić information content (AvgIpc) is 2.71. The summed E-state index contributed by atoms with van der Waals surface area (Å²) in [6, 6.07) is 0. The summed E-state index contributed by atoms with van der Waals surface area (Å²) in [6.45, 7) is 8.86. The van der Waals surface area contributed by atoms with Gasteiger partial charge in [-0.15, -0.1) is 0 Å². The van der Waals surface area contributed by atoms with Gasteiger partial charge in [0.15, 0.2) is 0 Å². The predicted molar refractivity (Wildman–Crippen MR) is 66.1 cm³/mol. The number of halogens is 2. The Balaban J connectivity index is 0.000000659. The number of ether oxygens (including phenoxy) is 1. The number of nitrogens with zero attached hydrogens (tertiary/aromatic N) is 2. The second-order valence-corrected chi connectivity index (χ2v) is 3.71. The third kappa shape index (κ3) is 3.66. The van der Waals surface area contributed by atoms with Crippen molar-refractivity contribution in [2.45, 2.75) is 40.7 Å². The Morgan fingerprint density at radius 1 is 1.39 bits per heavy atom. The van der Waals surface area contributed by atoms with E-state index in [1.54, 1.807) is 6.92 Å². The van der Waals surface area contributed by atoms with Crippen LogP contribution in [0.3, 0.4) is 0 Å². The smallest absolute Gasteiger partial charge is 0.282 e. The van der Waals surface area contributed by atoms with E-state index in [0.29, 0.717) is 30.5 Å². The van der Waals surface area contributed by atoms with Gasteiger partial charge in [-0.1, -0.05) is 20.8 Å². The van der Waals surface area contributed by atoms with Crippen LogP contribution < -0.4 is 4.74 Å². The van der Waals surface area contributed by atoms with Crippen LogP contribution in [0.2, 0.25) is 0 Å². The van der Waals surface area contributed by atoms with Gasteiger partial charge >= 0.3 is 0 Å². The lowest BCUT2D eigenvalue weighted by Gasteiger charge is -2.20. The number of rotatable bonds is 1. The van der Waals surface area contributed by atoms with Crippen LogP contribution in [-0.4, -0.2) is 28.6 Å². The highest BCUT2D eigenvalue weighted by molar-refractivity contribution is 5.31. The molecule has 1 aromatic rings. The molecule has 0 aromatic carbocycles. The lowest BCUT2D eigenvalue weighted by Crippen LogP contribution is -2.23. The van der Waals surface area contributed by atoms with E-state index in [4.69, 9.17) is 9.84 Å². The Morgan fingerprint density at radius 2 is 1.94 bits per heavy atom. The van der Waals surface area contributed by atoms with E-state index in [9.17, 15) is 8.78 Å². The van der Waals surface area contributed by atoms with Crippen LogP contribution in [-0.2, 0) is 6.54 Å². The first-order valence-electron chi connectivity index (χ1n) is 6.02. The second kappa shape index (κ2) is 8.02. The molecule has 2 rings (SSSR count). The molecule has 0 amide bonds. The van der Waals surface area contributed by atoms with Gasteiger partial charge in [0, 0.05) is 18.6 Å². The number of aromatic nitrogens is 2. The molecular weight excluding hydrogens is 242 g/mol. The van der Waals surface area contributed by atoms with Crippen LogP contribution >= 0.6 is 0 Å². The fourth-order valence-corrected chi connectivity index (χ4v) is 1.64. The number of hydrogen-bond donors (Lipinski definition) is 1. The molecule has 1 atom stereocenters. The zero-order valence-electron chi connectivity index (χ0n) is 11.6. The summed E-state index contributed by atoms with van der Waals surface area (Å²) in [5.41, 5.74) is 0.306. The zero-order valence-corrected chi connectivity index (χ0v) is 11.6. The molecule has 0 saturated carbocycles. The Hall–Kier alpha value is -1.17. The molecule has 1 aromatic heterocycles. The maximum absolute atomic E-state index is 12.5. The summed E-state index contributed by atoms with van der Waals surface area (Å²) in [5.74, 6) is 0.825. The topological polar surface area (TPSA) is 47.3 Å². The van der Waals surface area contributed by atoms with Gasteiger partial charge in [0.1, 0.15) is 5.69 Å². The second-order valence-electron chi connectivity index (χ2n) is 3.71. The first-order valence-corrected chi connectivity index (χ1v) is 6.02. The lowest BCUT2D eigenvalue weighted by molar-refractivity contribution is 0.143. The van der Waals surface area contributed by atoms with Crippen LogP contribution in [0.4, 0.5) is 8.78 Å². The normalized spacial score (nSPS) is 16.8. The van der Waals surface area contributed by atoms with Gasteiger partial charge in [0.05, 0.1) is 13.2 Å². The highest BCUT2D eigenvalue weighted by Gasteiger charge is 2.26. The fourth-order valence-electron chi connectivity index (χ4n) is 1.64. The van der Waals surface area contributed by atoms with Crippen LogP contribution in [0, 0.1) is 12.8 Å². The number of alkyl halides is 2. The van der Waals surface area contributed by atoms with E-state index in [1.165, 1.54) is 4.68 Å². The Kier molecular flexibility index (Phi) is 7.50. The zero-order chi connectivity index (χ0) is 14.3. The highest BCUT2D eigenvalue weighted by atomic mass is 19.3. The van der Waals surface area contributed by atoms with Crippen molar-refractivity contribution < 1.29 is 18.6 Å². The van der Waals surface area contributed by atoms with Crippen LogP contribution in [0.1, 0.15) is 38.5 Å². The van der Waals surface area contributed by atoms with Crippen molar-refractivity contribution in [3.8, 4) is 5.88 Å². The van der Waals surface area contributed by atoms with E-state index in [1.807, 2.05) is 20.8 Å². The summed E-state index contributed by atoms with van der Waals surface area (Å²) in [7, 11) is 1.00. The molecule has 1 aliphatic heterocycles. The van der Waals surface area contributed by atoms with E-state index in [2.05, 4.69) is 5.10 Å². The van der Waals surface area contributed by atoms with Gasteiger partial charge in [-0.05, 0) is 6.92 Å². The maximum atomic E-state index is 12.5. The molecule has 1 N–H and O–H groups in total. The van der Waals surface area contributed by atoms with Gasteiger partial charge in [0.25, 0.3) is 6.43 Å². The molecular formula is C12H22F2N2O2. The van der Waals surface area contributed by atoms with E-state index >= 15 is 0 Å². The summed E-state index contributed by atoms with van der Waals surface area (Å²) >= 11 is 0. The Labute approximate surface area is 107 Å². The maximum Gasteiger partial charge on any atom is 0.282 e. The third-order valence-electron chi connectivity index (χ3n) is 2.36. The summed E-state index contributed by atoms with van der Waals surface area (Å²) in [6.07, 6.45) is -2.52. The quantitative estimate of drug-likeness (QED) is 0.848. The van der Waals surface area contributed by atoms with Crippen molar-refractivity contribution >= 4 is 0 Å². The van der Waals surface area contributed by atoms with Gasteiger partial charge < -0.3 is 9.84 Å². The van der Waals surface area contributed by atoms with Gasteiger partial charge in [-0.25, -0.2) is 13.5 Å². The third-order valence-corrected chi connectivity index (χ3v) is 2.36. The molecule has 4 nitrogen and oxygen atoms in total. The number of aliphatic hydroxyl groups excluding tert-OH is 1. The van der Waals surface area contributed by atoms with E-state index < -0.39 is 6.43 Å². The summed E-state index contributed by atoms with van der Waals surface area (Å²) in [5, 5.41) is 10.8. The number of aliphatic hydroxyl groups is 1. The fraction of sp³-hybridized carbons (Fsp3) is 0.750. The molecule has 0 saturated heterocycles. The van der Waals surface area contributed by atoms with E-state index in [0.717, 1.165) is 7.11 Å². The monoisotopic (exact) mass is 264 g/mol. The first-order chi connectivity index (χ1) is 8.59. The molecule has 0 fully saturated rings. The average molecular weight is 264 g/mol. The van der Waals surface area contributed by atoms with Crippen molar-refractivity contribution in [2.24, 2.45) is 5.92 Å². The van der Waals surface area contributed by atoms with Gasteiger partial charge in [0.2, 0.25) is 5.88 Å². The first kappa shape index (κ1) is 16.8. The highest BCUT2D eigenvalue weighted by Crippen LogP contribution is 2.31. The molecule has 0 bridgehead atoms. The molecule has 0 aliphatic carbocycles. The van der Waals surface area contributed by atoms with Crippen molar-refractivity contribution in [3.05, 3.63) is 11.3 Å². The van der Waals surface area contributed by atoms with Crippen LogP contribution in [0.25, 0.3) is 0 Å². The summed E-state index contributed by atoms with van der Waals surface area (Å²) in [4.78, 5) is 0. The molecule has 0 radical (unpaired) electrons.